The monoisotopic (exact) mass is 267 g/mol. The van der Waals surface area contributed by atoms with E-state index in [2.05, 4.69) is 52.9 Å². The van der Waals surface area contributed by atoms with Crippen LogP contribution in [0.25, 0.3) is 0 Å². The Morgan fingerprint density at radius 3 is 2.67 bits per heavy atom. The van der Waals surface area contributed by atoms with E-state index in [0.717, 1.165) is 12.3 Å². The van der Waals surface area contributed by atoms with Gasteiger partial charge in [-0.2, -0.15) is 0 Å². The summed E-state index contributed by atoms with van der Waals surface area (Å²) in [5, 5.41) is 0. The Hall–Kier alpha value is -0.500. The van der Waals surface area contributed by atoms with Crippen LogP contribution < -0.4 is 4.90 Å². The average Bonchev–Trinajstić information content (AvgIpc) is 2.18. The summed E-state index contributed by atoms with van der Waals surface area (Å²) in [4.78, 5) is 2.50. The molecule has 0 radical (unpaired) electrons. The molecule has 0 spiro atoms. The van der Waals surface area contributed by atoms with Gasteiger partial charge in [-0.05, 0) is 42.5 Å². The van der Waals surface area contributed by atoms with Gasteiger partial charge in [0, 0.05) is 23.2 Å². The summed E-state index contributed by atoms with van der Waals surface area (Å²) >= 11 is 3.53. The Morgan fingerprint density at radius 1 is 1.33 bits per heavy atom. The van der Waals surface area contributed by atoms with E-state index in [0.29, 0.717) is 0 Å². The summed E-state index contributed by atoms with van der Waals surface area (Å²) in [5.74, 6) is 0.915. The Morgan fingerprint density at radius 2 is 2.07 bits per heavy atom. The summed E-state index contributed by atoms with van der Waals surface area (Å²) in [5.41, 5.74) is 2.89. The smallest absolute Gasteiger partial charge is 0.0399 e. The van der Waals surface area contributed by atoms with Crippen molar-refractivity contribution in [2.75, 3.05) is 18.0 Å². The number of halogens is 1. The van der Waals surface area contributed by atoms with Crippen LogP contribution in [0.5, 0.6) is 0 Å². The fraction of sp³-hybridized carbons (Fsp3) is 0.538. The first-order chi connectivity index (χ1) is 7.24. The third-order valence-electron chi connectivity index (χ3n) is 3.30. The van der Waals surface area contributed by atoms with Gasteiger partial charge < -0.3 is 4.90 Å². The third-order valence-corrected chi connectivity index (χ3v) is 3.79. The Balaban J connectivity index is 2.15. The lowest BCUT2D eigenvalue weighted by Crippen LogP contribution is -2.46. The molecule has 1 aromatic rings. The maximum absolute atomic E-state index is 3.53. The second-order valence-electron chi connectivity index (χ2n) is 4.31. The van der Waals surface area contributed by atoms with Gasteiger partial charge in [-0.25, -0.2) is 0 Å². The third kappa shape index (κ3) is 2.20. The molecule has 1 aliphatic heterocycles. The predicted octanol–water partition coefficient (Wildman–Crippen LogP) is 3.86. The van der Waals surface area contributed by atoms with Gasteiger partial charge in [0.2, 0.25) is 0 Å². The molecule has 0 unspecified atom stereocenters. The van der Waals surface area contributed by atoms with Gasteiger partial charge in [-0.3, -0.25) is 0 Å². The van der Waals surface area contributed by atoms with Crippen LogP contribution in [0.2, 0.25) is 0 Å². The summed E-state index contributed by atoms with van der Waals surface area (Å²) < 4.78 is 1.19. The minimum Gasteiger partial charge on any atom is -0.371 e. The molecule has 0 bridgehead atoms. The largest absolute Gasteiger partial charge is 0.371 e. The zero-order valence-corrected chi connectivity index (χ0v) is 11.0. The molecule has 0 atom stereocenters. The minimum atomic E-state index is 0.915. The van der Waals surface area contributed by atoms with Crippen molar-refractivity contribution in [1.29, 1.82) is 0 Å². The van der Waals surface area contributed by atoms with Gasteiger partial charge in [0.1, 0.15) is 0 Å². The van der Waals surface area contributed by atoms with E-state index in [1.54, 1.807) is 0 Å². The maximum Gasteiger partial charge on any atom is 0.0399 e. The van der Waals surface area contributed by atoms with Crippen LogP contribution in [0.1, 0.15) is 25.8 Å². The highest BCUT2D eigenvalue weighted by Crippen LogP contribution is 2.31. The van der Waals surface area contributed by atoms with Crippen LogP contribution in [-0.2, 0) is 6.42 Å². The van der Waals surface area contributed by atoms with Crippen molar-refractivity contribution < 1.29 is 0 Å². The molecule has 1 aliphatic rings. The quantitative estimate of drug-likeness (QED) is 0.804. The topological polar surface area (TPSA) is 3.24 Å². The van der Waals surface area contributed by atoms with Gasteiger partial charge in [-0.1, -0.05) is 29.8 Å². The van der Waals surface area contributed by atoms with Gasteiger partial charge in [-0.15, -0.1) is 0 Å². The van der Waals surface area contributed by atoms with Crippen LogP contribution in [0.3, 0.4) is 0 Å². The minimum absolute atomic E-state index is 0.915. The molecule has 1 saturated heterocycles. The number of nitrogens with zero attached hydrogens (tertiary/aromatic N) is 1. The van der Waals surface area contributed by atoms with E-state index < -0.39 is 0 Å². The highest BCUT2D eigenvalue weighted by Gasteiger charge is 2.26. The second kappa shape index (κ2) is 4.56. The fourth-order valence-corrected chi connectivity index (χ4v) is 2.58. The van der Waals surface area contributed by atoms with Crippen molar-refractivity contribution in [2.24, 2.45) is 5.92 Å². The zero-order valence-electron chi connectivity index (χ0n) is 9.46. The first-order valence-corrected chi connectivity index (χ1v) is 6.57. The highest BCUT2D eigenvalue weighted by atomic mass is 79.9. The summed E-state index contributed by atoms with van der Waals surface area (Å²) in [6, 6.07) is 6.64. The highest BCUT2D eigenvalue weighted by molar-refractivity contribution is 9.10. The lowest BCUT2D eigenvalue weighted by molar-refractivity contribution is 0.398. The zero-order chi connectivity index (χ0) is 10.8. The molecule has 0 aliphatic carbocycles. The van der Waals surface area contributed by atoms with Gasteiger partial charge in [0.25, 0.3) is 0 Å². The number of hydrogen-bond donors (Lipinski definition) is 0. The molecular formula is C13H18BrN. The molecule has 1 aromatic carbocycles. The van der Waals surface area contributed by atoms with Gasteiger partial charge in [0.05, 0.1) is 0 Å². The second-order valence-corrected chi connectivity index (χ2v) is 5.22. The summed E-state index contributed by atoms with van der Waals surface area (Å²) in [6.07, 6.45) is 2.43. The number of anilines is 1. The predicted molar refractivity (Wildman–Crippen MR) is 69.5 cm³/mol. The number of benzene rings is 1. The Labute approximate surface area is 101 Å². The molecular weight excluding hydrogens is 250 g/mol. The number of aryl methyl sites for hydroxylation is 1. The van der Waals surface area contributed by atoms with E-state index in [1.165, 1.54) is 35.2 Å². The average molecular weight is 268 g/mol. The number of hydrogen-bond acceptors (Lipinski definition) is 1. The van der Waals surface area contributed by atoms with Crippen molar-refractivity contribution in [3.8, 4) is 0 Å². The number of rotatable bonds is 3. The van der Waals surface area contributed by atoms with Crippen LogP contribution in [0, 0.1) is 5.92 Å². The first kappa shape index (κ1) is 11.0. The molecule has 1 nitrogen and oxygen atoms in total. The van der Waals surface area contributed by atoms with Crippen molar-refractivity contribution in [3.05, 3.63) is 28.2 Å². The maximum atomic E-state index is 3.53. The standard InChI is InChI=1S/C13H18BrN/c1-3-10-8-15(9-10)13-6-5-12(14)7-11(13)4-2/h5-7,10H,3-4,8-9H2,1-2H3. The Bertz CT molecular complexity index is 342. The van der Waals surface area contributed by atoms with Crippen molar-refractivity contribution in [1.82, 2.24) is 0 Å². The van der Waals surface area contributed by atoms with E-state index in [-0.39, 0.29) is 0 Å². The summed E-state index contributed by atoms with van der Waals surface area (Å²) in [7, 11) is 0. The molecule has 82 valence electrons. The lowest BCUT2D eigenvalue weighted by Gasteiger charge is -2.41. The van der Waals surface area contributed by atoms with Gasteiger partial charge >= 0.3 is 0 Å². The van der Waals surface area contributed by atoms with E-state index in [4.69, 9.17) is 0 Å². The molecule has 1 fully saturated rings. The SMILES string of the molecule is CCc1cc(Br)ccc1N1CC(CC)C1. The molecule has 15 heavy (non-hydrogen) atoms. The molecule has 2 rings (SSSR count). The van der Waals surface area contributed by atoms with E-state index in [1.807, 2.05) is 0 Å². The molecule has 0 N–H and O–H groups in total. The normalized spacial score (nSPS) is 16.6. The molecule has 2 heteroatoms. The van der Waals surface area contributed by atoms with E-state index in [9.17, 15) is 0 Å². The van der Waals surface area contributed by atoms with Crippen LogP contribution in [0.15, 0.2) is 22.7 Å². The molecule has 0 saturated carbocycles. The van der Waals surface area contributed by atoms with Crippen LogP contribution in [-0.4, -0.2) is 13.1 Å². The van der Waals surface area contributed by atoms with Crippen molar-refractivity contribution in [3.63, 3.8) is 0 Å². The molecule has 0 aromatic heterocycles. The van der Waals surface area contributed by atoms with Gasteiger partial charge in [0.15, 0.2) is 0 Å². The van der Waals surface area contributed by atoms with Crippen LogP contribution in [0.4, 0.5) is 5.69 Å². The molecule has 1 heterocycles. The Kier molecular flexibility index (Phi) is 3.35. The lowest BCUT2D eigenvalue weighted by atomic mass is 9.95. The summed E-state index contributed by atoms with van der Waals surface area (Å²) in [6.45, 7) is 6.99. The first-order valence-electron chi connectivity index (χ1n) is 5.78. The fourth-order valence-electron chi connectivity index (χ4n) is 2.17. The van der Waals surface area contributed by atoms with Crippen molar-refractivity contribution >= 4 is 21.6 Å². The molecule has 0 amide bonds. The van der Waals surface area contributed by atoms with Crippen molar-refractivity contribution in [2.45, 2.75) is 26.7 Å². The van der Waals surface area contributed by atoms with Crippen LogP contribution >= 0.6 is 15.9 Å². The van der Waals surface area contributed by atoms with E-state index >= 15 is 0 Å².